The van der Waals surface area contributed by atoms with E-state index in [0.717, 1.165) is 50.9 Å². The van der Waals surface area contributed by atoms with E-state index < -0.39 is 0 Å². The topological polar surface area (TPSA) is 53.0 Å². The van der Waals surface area contributed by atoms with E-state index in [1.54, 1.807) is 12.1 Å². The van der Waals surface area contributed by atoms with Gasteiger partial charge in [0.15, 0.2) is 5.96 Å². The molecule has 1 aliphatic rings. The molecule has 0 unspecified atom stereocenters. The number of piperazine rings is 1. The average Bonchev–Trinajstić information content (AvgIpc) is 2.73. The van der Waals surface area contributed by atoms with Crippen LogP contribution in [0, 0.1) is 5.82 Å². The molecule has 1 N–H and O–H groups in total. The molecule has 2 aromatic rings. The minimum Gasteiger partial charge on any atom is -0.494 e. The minimum absolute atomic E-state index is 0.254. The Balaban J connectivity index is 1.36. The molecule has 27 heavy (non-hydrogen) atoms. The number of benzene rings is 1. The van der Waals surface area contributed by atoms with Gasteiger partial charge in [0.25, 0.3) is 0 Å². The Morgan fingerprint density at radius 3 is 2.59 bits per heavy atom. The molecule has 1 aliphatic heterocycles. The Labute approximate surface area is 159 Å². The summed E-state index contributed by atoms with van der Waals surface area (Å²) in [4.78, 5) is 13.4. The van der Waals surface area contributed by atoms with Crippen molar-refractivity contribution in [2.24, 2.45) is 4.99 Å². The van der Waals surface area contributed by atoms with E-state index in [1.807, 2.05) is 31.4 Å². The summed E-state index contributed by atoms with van der Waals surface area (Å²) in [5.41, 5.74) is 0. The summed E-state index contributed by atoms with van der Waals surface area (Å²) in [5.74, 6) is 2.37. The summed E-state index contributed by atoms with van der Waals surface area (Å²) in [7, 11) is 1.81. The maximum absolute atomic E-state index is 12.9. The summed E-state index contributed by atoms with van der Waals surface area (Å²) in [6.45, 7) is 5.00. The van der Waals surface area contributed by atoms with Crippen LogP contribution in [0.15, 0.2) is 53.7 Å². The summed E-state index contributed by atoms with van der Waals surface area (Å²) in [5, 5.41) is 3.39. The van der Waals surface area contributed by atoms with Crippen LogP contribution in [-0.4, -0.2) is 62.2 Å². The molecule has 0 spiro atoms. The second-order valence-corrected chi connectivity index (χ2v) is 6.29. The van der Waals surface area contributed by atoms with Crippen LogP contribution in [0.25, 0.3) is 0 Å². The van der Waals surface area contributed by atoms with E-state index in [1.165, 1.54) is 12.1 Å². The first kappa shape index (κ1) is 18.9. The fourth-order valence-corrected chi connectivity index (χ4v) is 3.01. The van der Waals surface area contributed by atoms with Gasteiger partial charge in [-0.1, -0.05) is 6.07 Å². The van der Waals surface area contributed by atoms with E-state index in [-0.39, 0.29) is 5.82 Å². The summed E-state index contributed by atoms with van der Waals surface area (Å²) < 4.78 is 18.5. The van der Waals surface area contributed by atoms with E-state index in [9.17, 15) is 4.39 Å². The van der Waals surface area contributed by atoms with Crippen molar-refractivity contribution in [3.63, 3.8) is 0 Å². The van der Waals surface area contributed by atoms with Crippen LogP contribution in [0.2, 0.25) is 0 Å². The smallest absolute Gasteiger partial charge is 0.193 e. The van der Waals surface area contributed by atoms with Gasteiger partial charge in [-0.05, 0) is 42.8 Å². The van der Waals surface area contributed by atoms with E-state index >= 15 is 0 Å². The first-order chi connectivity index (χ1) is 13.3. The molecule has 1 fully saturated rings. The Bertz CT molecular complexity index is 715. The van der Waals surface area contributed by atoms with Crippen molar-refractivity contribution in [2.75, 3.05) is 51.3 Å². The molecule has 0 atom stereocenters. The number of nitrogens with one attached hydrogen (secondary N) is 1. The lowest BCUT2D eigenvalue weighted by Gasteiger charge is -2.37. The molecule has 2 heterocycles. The predicted octanol–water partition coefficient (Wildman–Crippen LogP) is 2.39. The first-order valence-corrected chi connectivity index (χ1v) is 9.26. The van der Waals surface area contributed by atoms with Gasteiger partial charge in [-0.25, -0.2) is 9.37 Å². The van der Waals surface area contributed by atoms with Gasteiger partial charge in [0, 0.05) is 46.0 Å². The quantitative estimate of drug-likeness (QED) is 0.480. The first-order valence-electron chi connectivity index (χ1n) is 9.26. The fourth-order valence-electron chi connectivity index (χ4n) is 3.01. The zero-order valence-electron chi connectivity index (χ0n) is 15.6. The van der Waals surface area contributed by atoms with E-state index in [0.29, 0.717) is 12.4 Å². The number of nitrogens with zero attached hydrogens (tertiary/aromatic N) is 4. The highest BCUT2D eigenvalue weighted by Crippen LogP contribution is 2.13. The molecular formula is C20H26FN5O. The molecule has 0 radical (unpaired) electrons. The van der Waals surface area contributed by atoms with Gasteiger partial charge in [0.05, 0.1) is 6.61 Å². The highest BCUT2D eigenvalue weighted by molar-refractivity contribution is 5.80. The van der Waals surface area contributed by atoms with Gasteiger partial charge < -0.3 is 19.9 Å². The van der Waals surface area contributed by atoms with Crippen molar-refractivity contribution in [1.82, 2.24) is 15.2 Å². The molecule has 0 bridgehead atoms. The second kappa shape index (κ2) is 9.75. The molecule has 1 aromatic heterocycles. The third-order valence-electron chi connectivity index (χ3n) is 4.45. The van der Waals surface area contributed by atoms with Crippen LogP contribution in [0.5, 0.6) is 5.75 Å². The molecule has 144 valence electrons. The number of aliphatic imine (C=N–C) groups is 1. The number of guanidine groups is 1. The maximum atomic E-state index is 12.9. The number of rotatable bonds is 6. The zero-order chi connectivity index (χ0) is 18.9. The van der Waals surface area contributed by atoms with Gasteiger partial charge in [-0.2, -0.15) is 0 Å². The van der Waals surface area contributed by atoms with E-state index in [2.05, 4.69) is 25.1 Å². The van der Waals surface area contributed by atoms with Crippen LogP contribution in [0.3, 0.4) is 0 Å². The SMILES string of the molecule is CN=C(NCCCOc1ccc(F)cc1)N1CCN(c2ccccn2)CC1. The maximum Gasteiger partial charge on any atom is 0.193 e. The molecule has 0 aliphatic carbocycles. The minimum atomic E-state index is -0.254. The fraction of sp³-hybridized carbons (Fsp3) is 0.400. The number of anilines is 1. The molecule has 7 heteroatoms. The van der Waals surface area contributed by atoms with Crippen molar-refractivity contribution in [2.45, 2.75) is 6.42 Å². The van der Waals surface area contributed by atoms with Crippen LogP contribution in [-0.2, 0) is 0 Å². The van der Waals surface area contributed by atoms with E-state index in [4.69, 9.17) is 4.74 Å². The highest BCUT2D eigenvalue weighted by Gasteiger charge is 2.20. The van der Waals surface area contributed by atoms with Gasteiger partial charge in [0.2, 0.25) is 0 Å². The van der Waals surface area contributed by atoms with Crippen LogP contribution >= 0.6 is 0 Å². The second-order valence-electron chi connectivity index (χ2n) is 6.29. The Morgan fingerprint density at radius 1 is 1.15 bits per heavy atom. The number of halogens is 1. The Hall–Kier alpha value is -2.83. The molecule has 0 saturated carbocycles. The largest absolute Gasteiger partial charge is 0.494 e. The average molecular weight is 371 g/mol. The Kier molecular flexibility index (Phi) is 6.84. The number of ether oxygens (including phenoxy) is 1. The lowest BCUT2D eigenvalue weighted by molar-refractivity contribution is 0.308. The van der Waals surface area contributed by atoms with Gasteiger partial charge in [-0.15, -0.1) is 0 Å². The summed E-state index contributed by atoms with van der Waals surface area (Å²) in [6, 6.07) is 12.1. The highest BCUT2D eigenvalue weighted by atomic mass is 19.1. The van der Waals surface area contributed by atoms with Crippen molar-refractivity contribution < 1.29 is 9.13 Å². The molecule has 1 aromatic carbocycles. The van der Waals surface area contributed by atoms with Gasteiger partial charge >= 0.3 is 0 Å². The molecule has 0 amide bonds. The molecule has 1 saturated heterocycles. The molecule has 3 rings (SSSR count). The van der Waals surface area contributed by atoms with Crippen molar-refractivity contribution in [1.29, 1.82) is 0 Å². The monoisotopic (exact) mass is 371 g/mol. The normalized spacial score (nSPS) is 15.0. The number of aromatic nitrogens is 1. The third kappa shape index (κ3) is 5.57. The van der Waals surface area contributed by atoms with Crippen LogP contribution in [0.4, 0.5) is 10.2 Å². The number of hydrogen-bond acceptors (Lipinski definition) is 4. The predicted molar refractivity (Wildman–Crippen MR) is 106 cm³/mol. The molecular weight excluding hydrogens is 345 g/mol. The van der Waals surface area contributed by atoms with Crippen molar-refractivity contribution in [3.05, 3.63) is 54.5 Å². The van der Waals surface area contributed by atoms with Gasteiger partial charge in [0.1, 0.15) is 17.4 Å². The number of pyridine rings is 1. The zero-order valence-corrected chi connectivity index (χ0v) is 15.6. The van der Waals surface area contributed by atoms with Crippen LogP contribution in [0.1, 0.15) is 6.42 Å². The van der Waals surface area contributed by atoms with Crippen LogP contribution < -0.4 is 15.0 Å². The summed E-state index contributed by atoms with van der Waals surface area (Å²) >= 11 is 0. The standard InChI is InChI=1S/C20H26FN5O/c1-22-20(24-11-4-16-27-18-8-6-17(21)7-9-18)26-14-12-25(13-15-26)19-5-2-3-10-23-19/h2-3,5-10H,4,11-16H2,1H3,(H,22,24). The van der Waals surface area contributed by atoms with Crippen molar-refractivity contribution in [3.8, 4) is 5.75 Å². The van der Waals surface area contributed by atoms with Crippen molar-refractivity contribution >= 4 is 11.8 Å². The Morgan fingerprint density at radius 2 is 1.93 bits per heavy atom. The van der Waals surface area contributed by atoms with Gasteiger partial charge in [-0.3, -0.25) is 4.99 Å². The number of hydrogen-bond donors (Lipinski definition) is 1. The summed E-state index contributed by atoms with van der Waals surface area (Å²) in [6.07, 6.45) is 2.67. The lowest BCUT2D eigenvalue weighted by atomic mass is 10.3. The molecule has 6 nitrogen and oxygen atoms in total. The third-order valence-corrected chi connectivity index (χ3v) is 4.45. The lowest BCUT2D eigenvalue weighted by Crippen LogP contribution is -2.52.